The number of alkyl halides is 3. The third-order valence-electron chi connectivity index (χ3n) is 5.48. The van der Waals surface area contributed by atoms with Crippen LogP contribution in [0.2, 0.25) is 0 Å². The zero-order valence-electron chi connectivity index (χ0n) is 19.3. The number of carbonyl (C=O) groups is 2. The first kappa shape index (κ1) is 26.6. The maximum Gasteiger partial charge on any atom is 0.416 e. The summed E-state index contributed by atoms with van der Waals surface area (Å²) in [6.07, 6.45) is -1.80. The molecule has 1 heterocycles. The number of unbranched alkanes of at least 4 members (excludes halogenated alkanes) is 1. The Morgan fingerprint density at radius 2 is 1.78 bits per heavy atom. The predicted molar refractivity (Wildman–Crippen MR) is 124 cm³/mol. The molecule has 3 rings (SSSR count). The Bertz CT molecular complexity index is 1220. The minimum absolute atomic E-state index is 0.0743. The van der Waals surface area contributed by atoms with Gasteiger partial charge in [0.25, 0.3) is 0 Å². The highest BCUT2D eigenvalue weighted by Gasteiger charge is 2.31. The van der Waals surface area contributed by atoms with Gasteiger partial charge in [0.15, 0.2) is 0 Å². The number of carboxylic acids is 1. The van der Waals surface area contributed by atoms with Crippen molar-refractivity contribution in [3.8, 4) is 0 Å². The van der Waals surface area contributed by atoms with E-state index in [1.54, 1.807) is 0 Å². The first-order chi connectivity index (χ1) is 17.1. The molecule has 0 aliphatic carbocycles. The average molecular weight is 505 g/mol. The molecule has 0 aliphatic rings. The number of ether oxygens (including phenoxy) is 1. The van der Waals surface area contributed by atoms with Crippen molar-refractivity contribution >= 4 is 12.1 Å². The first-order valence-corrected chi connectivity index (χ1v) is 11.3. The molecule has 0 bridgehead atoms. The highest BCUT2D eigenvalue weighted by molar-refractivity contribution is 5.68. The summed E-state index contributed by atoms with van der Waals surface area (Å²) in [5.74, 6) is -1.25. The number of benzene rings is 2. The fourth-order valence-electron chi connectivity index (χ4n) is 3.67. The van der Waals surface area contributed by atoms with Crippen LogP contribution in [-0.4, -0.2) is 32.8 Å². The van der Waals surface area contributed by atoms with Gasteiger partial charge in [0.1, 0.15) is 6.61 Å². The Kier molecular flexibility index (Phi) is 8.93. The molecule has 1 amide bonds. The van der Waals surface area contributed by atoms with Gasteiger partial charge in [-0.15, -0.1) is 0 Å². The molecule has 1 aromatic heterocycles. The van der Waals surface area contributed by atoms with Crippen LogP contribution in [0.5, 0.6) is 0 Å². The molecule has 11 heteroatoms. The summed E-state index contributed by atoms with van der Waals surface area (Å²) in [5, 5.41) is 11.9. The van der Waals surface area contributed by atoms with Crippen molar-refractivity contribution < 1.29 is 32.6 Å². The molecule has 0 fully saturated rings. The van der Waals surface area contributed by atoms with Crippen LogP contribution in [-0.2, 0) is 28.9 Å². The van der Waals surface area contributed by atoms with E-state index < -0.39 is 42.0 Å². The van der Waals surface area contributed by atoms with E-state index in [-0.39, 0.29) is 18.7 Å². The van der Waals surface area contributed by atoms with Crippen LogP contribution in [0.3, 0.4) is 0 Å². The van der Waals surface area contributed by atoms with Crippen LogP contribution in [0.25, 0.3) is 0 Å². The number of halogens is 3. The summed E-state index contributed by atoms with van der Waals surface area (Å²) in [6.45, 7) is 0.767. The predicted octanol–water partition coefficient (Wildman–Crippen LogP) is 4.44. The minimum Gasteiger partial charge on any atom is -0.481 e. The number of aromatic nitrogens is 2. The fourth-order valence-corrected chi connectivity index (χ4v) is 3.67. The number of nitrogens with one attached hydrogen (secondary N) is 1. The number of aryl methyl sites for hydroxylation is 1. The molecule has 192 valence electrons. The van der Waals surface area contributed by atoms with E-state index in [0.717, 1.165) is 22.3 Å². The van der Waals surface area contributed by atoms with Gasteiger partial charge in [-0.2, -0.15) is 13.2 Å². The van der Waals surface area contributed by atoms with Crippen molar-refractivity contribution in [2.75, 3.05) is 6.54 Å². The van der Waals surface area contributed by atoms with E-state index in [2.05, 4.69) is 5.32 Å². The molecule has 3 aromatic rings. The quantitative estimate of drug-likeness (QED) is 0.375. The second-order valence-electron chi connectivity index (χ2n) is 8.11. The van der Waals surface area contributed by atoms with Gasteiger partial charge in [0.2, 0.25) is 0 Å². The Morgan fingerprint density at radius 1 is 1.03 bits per heavy atom. The van der Waals surface area contributed by atoms with Crippen molar-refractivity contribution in [1.29, 1.82) is 0 Å². The third kappa shape index (κ3) is 7.49. The Balaban J connectivity index is 1.56. The van der Waals surface area contributed by atoms with Crippen molar-refractivity contribution in [2.45, 2.75) is 44.6 Å². The highest BCUT2D eigenvalue weighted by Crippen LogP contribution is 2.32. The first-order valence-electron chi connectivity index (χ1n) is 11.3. The molecule has 2 aromatic carbocycles. The average Bonchev–Trinajstić information content (AvgIpc) is 3.21. The van der Waals surface area contributed by atoms with Crippen LogP contribution in [0.1, 0.15) is 42.0 Å². The lowest BCUT2D eigenvalue weighted by atomic mass is 10.0. The molecular formula is C25H26F3N3O5. The van der Waals surface area contributed by atoms with Crippen molar-refractivity contribution in [3.05, 3.63) is 94.2 Å². The fraction of sp³-hybridized carbons (Fsp3) is 0.320. The van der Waals surface area contributed by atoms with E-state index >= 15 is 0 Å². The number of rotatable bonds is 11. The van der Waals surface area contributed by atoms with E-state index in [1.165, 1.54) is 29.1 Å². The van der Waals surface area contributed by atoms with Crippen LogP contribution in [0, 0.1) is 0 Å². The second-order valence-corrected chi connectivity index (χ2v) is 8.11. The number of nitrogens with zero attached hydrogens (tertiary/aromatic N) is 2. The molecule has 8 nitrogen and oxygen atoms in total. The molecule has 0 aliphatic heterocycles. The molecule has 1 atom stereocenters. The maximum absolute atomic E-state index is 13.1. The topological polar surface area (TPSA) is 103 Å². The van der Waals surface area contributed by atoms with E-state index in [9.17, 15) is 32.7 Å². The van der Waals surface area contributed by atoms with Crippen molar-refractivity contribution in [1.82, 2.24) is 14.5 Å². The molecule has 36 heavy (non-hydrogen) atoms. The summed E-state index contributed by atoms with van der Waals surface area (Å²) in [5.41, 5.74) is -0.514. The number of carbonyl (C=O) groups excluding carboxylic acids is 1. The van der Waals surface area contributed by atoms with Crippen LogP contribution in [0.4, 0.5) is 18.0 Å². The van der Waals surface area contributed by atoms with E-state index in [0.29, 0.717) is 19.4 Å². The van der Waals surface area contributed by atoms with Crippen molar-refractivity contribution in [3.63, 3.8) is 0 Å². The molecule has 0 radical (unpaired) electrons. The molecule has 0 saturated carbocycles. The van der Waals surface area contributed by atoms with Gasteiger partial charge in [0, 0.05) is 25.5 Å². The lowest BCUT2D eigenvalue weighted by Gasteiger charge is -2.18. The van der Waals surface area contributed by atoms with Gasteiger partial charge in [-0.3, -0.25) is 13.9 Å². The van der Waals surface area contributed by atoms with Crippen molar-refractivity contribution in [2.24, 2.45) is 0 Å². The number of alkyl carbamates (subject to hydrolysis) is 1. The van der Waals surface area contributed by atoms with Crippen LogP contribution < -0.4 is 11.0 Å². The van der Waals surface area contributed by atoms with E-state index in [4.69, 9.17) is 4.74 Å². The summed E-state index contributed by atoms with van der Waals surface area (Å²) in [6, 6.07) is 12.4. The number of imidazole rings is 1. The summed E-state index contributed by atoms with van der Waals surface area (Å²) in [7, 11) is 0. The van der Waals surface area contributed by atoms with Gasteiger partial charge in [-0.25, -0.2) is 9.59 Å². The minimum atomic E-state index is -4.59. The SMILES string of the molecule is O=C(O)CC(c1cccc(C(F)(F)F)c1)n1ccn(CCCCNC(=O)OCc2ccccc2)c1=O. The zero-order chi connectivity index (χ0) is 26.1. The highest BCUT2D eigenvalue weighted by atomic mass is 19.4. The largest absolute Gasteiger partial charge is 0.481 e. The molecule has 0 spiro atoms. The number of hydrogen-bond acceptors (Lipinski definition) is 4. The standard InChI is InChI=1S/C25H26F3N3O5/c26-25(27,28)20-10-6-9-19(15-20)21(16-22(32)33)31-14-13-30(24(31)35)12-5-4-11-29-23(34)36-17-18-7-2-1-3-8-18/h1-3,6-10,13-15,21H,4-5,11-12,16-17H2,(H,29,34)(H,32,33). The summed E-state index contributed by atoms with van der Waals surface area (Å²) in [4.78, 5) is 36.0. The lowest BCUT2D eigenvalue weighted by Crippen LogP contribution is -2.29. The van der Waals surface area contributed by atoms with Crippen LogP contribution in [0.15, 0.2) is 71.8 Å². The molecule has 2 N–H and O–H groups in total. The molecule has 1 unspecified atom stereocenters. The van der Waals surface area contributed by atoms with Gasteiger partial charge in [0.05, 0.1) is 18.0 Å². The second kappa shape index (κ2) is 12.1. The lowest BCUT2D eigenvalue weighted by molar-refractivity contribution is -0.138. The monoisotopic (exact) mass is 505 g/mol. The van der Waals surface area contributed by atoms with Gasteiger partial charge >= 0.3 is 23.9 Å². The van der Waals surface area contributed by atoms with Gasteiger partial charge < -0.3 is 15.2 Å². The number of aliphatic carboxylic acids is 1. The normalized spacial score (nSPS) is 12.2. The van der Waals surface area contributed by atoms with Gasteiger partial charge in [-0.05, 0) is 36.1 Å². The van der Waals surface area contributed by atoms with Gasteiger partial charge in [-0.1, -0.05) is 42.5 Å². The Hall–Kier alpha value is -4.02. The van der Waals surface area contributed by atoms with Crippen LogP contribution >= 0.6 is 0 Å². The van der Waals surface area contributed by atoms with E-state index in [1.807, 2.05) is 30.3 Å². The third-order valence-corrected chi connectivity index (χ3v) is 5.48. The molecule has 0 saturated heterocycles. The number of carboxylic acid groups (broad SMARTS) is 1. The Morgan fingerprint density at radius 3 is 2.47 bits per heavy atom. The summed E-state index contributed by atoms with van der Waals surface area (Å²) < 4.78 is 47.0. The Labute approximate surface area is 204 Å². The maximum atomic E-state index is 13.1. The molecular weight excluding hydrogens is 479 g/mol. The summed E-state index contributed by atoms with van der Waals surface area (Å²) >= 11 is 0. The number of hydrogen-bond donors (Lipinski definition) is 2. The zero-order valence-corrected chi connectivity index (χ0v) is 19.3. The number of amides is 1. The smallest absolute Gasteiger partial charge is 0.416 e.